The zero-order valence-corrected chi connectivity index (χ0v) is 26.4. The minimum Gasteiger partial charge on any atom is -0.487 e. The highest BCUT2D eigenvalue weighted by Crippen LogP contribution is 2.41. The summed E-state index contributed by atoms with van der Waals surface area (Å²) in [4.78, 5) is 19.1. The third-order valence-electron chi connectivity index (χ3n) is 6.62. The molecule has 1 aliphatic heterocycles. The van der Waals surface area contributed by atoms with Crippen LogP contribution in [-0.4, -0.2) is 49.7 Å². The van der Waals surface area contributed by atoms with E-state index in [0.29, 0.717) is 12.1 Å². The molecule has 1 amide bonds. The van der Waals surface area contributed by atoms with Crippen molar-refractivity contribution >= 4 is 55.9 Å². The van der Waals surface area contributed by atoms with E-state index in [4.69, 9.17) is 16.3 Å². The average Bonchev–Trinajstić information content (AvgIpc) is 3.37. The molecule has 3 N–H and O–H groups in total. The standard InChI is InChI=1S/C29H23ClF6N4O5S2/c1-47(43,44)39-20-6-17(30)5-19(7-20)38-27(42)24-9-22(25(11-41)46-24)26-23(8-21(10-37-26)40-13-28(32,33)14-40)45-12-15-2-16(29(34,35)36)4-18(31)3-15/h2-10,39,41H,11-14H2,1H3,(H,38,42). The Bertz CT molecular complexity index is 1950. The number of hydrogen-bond acceptors (Lipinski definition) is 8. The number of sulfonamides is 1. The maximum atomic E-state index is 14.0. The number of amides is 1. The number of halogens is 7. The van der Waals surface area contributed by atoms with E-state index in [0.717, 1.165) is 23.7 Å². The van der Waals surface area contributed by atoms with E-state index < -0.39 is 65.7 Å². The van der Waals surface area contributed by atoms with Crippen molar-refractivity contribution in [1.29, 1.82) is 0 Å². The normalized spacial score (nSPS) is 14.4. The monoisotopic (exact) mass is 720 g/mol. The highest BCUT2D eigenvalue weighted by molar-refractivity contribution is 7.92. The van der Waals surface area contributed by atoms with Crippen LogP contribution in [0.15, 0.2) is 54.7 Å². The van der Waals surface area contributed by atoms with Gasteiger partial charge in [-0.2, -0.15) is 13.2 Å². The number of aromatic nitrogens is 1. The topological polar surface area (TPSA) is 121 Å². The van der Waals surface area contributed by atoms with Crippen molar-refractivity contribution in [3.8, 4) is 17.0 Å². The van der Waals surface area contributed by atoms with Gasteiger partial charge in [0.1, 0.15) is 23.9 Å². The molecule has 9 nitrogen and oxygen atoms in total. The fourth-order valence-electron chi connectivity index (χ4n) is 4.66. The minimum absolute atomic E-state index is 0.0234. The molecule has 4 aromatic rings. The van der Waals surface area contributed by atoms with Crippen molar-refractivity contribution in [2.45, 2.75) is 25.3 Å². The maximum Gasteiger partial charge on any atom is 0.416 e. The van der Waals surface area contributed by atoms with E-state index in [1.54, 1.807) is 0 Å². The fraction of sp³-hybridized carbons (Fsp3) is 0.241. The number of anilines is 3. The first-order chi connectivity index (χ1) is 21.9. The minimum atomic E-state index is -4.83. The van der Waals surface area contributed by atoms with Crippen LogP contribution in [0.5, 0.6) is 5.75 Å². The molecular weight excluding hydrogens is 698 g/mol. The van der Waals surface area contributed by atoms with Gasteiger partial charge in [-0.25, -0.2) is 21.6 Å². The second-order valence-electron chi connectivity index (χ2n) is 10.5. The Labute approximate surface area is 272 Å². The molecule has 47 heavy (non-hydrogen) atoms. The van der Waals surface area contributed by atoms with Crippen LogP contribution < -0.4 is 19.7 Å². The quantitative estimate of drug-likeness (QED) is 0.155. The Balaban J connectivity index is 1.47. The third-order valence-corrected chi connectivity index (χ3v) is 8.56. The number of benzene rings is 2. The molecule has 18 heteroatoms. The van der Waals surface area contributed by atoms with E-state index in [9.17, 15) is 44.7 Å². The van der Waals surface area contributed by atoms with Crippen molar-refractivity contribution in [3.63, 3.8) is 0 Å². The number of pyridine rings is 1. The highest BCUT2D eigenvalue weighted by Gasteiger charge is 2.44. The summed E-state index contributed by atoms with van der Waals surface area (Å²) < 4.78 is 112. The number of nitrogens with zero attached hydrogens (tertiary/aromatic N) is 2. The summed E-state index contributed by atoms with van der Waals surface area (Å²) >= 11 is 6.95. The smallest absolute Gasteiger partial charge is 0.416 e. The van der Waals surface area contributed by atoms with E-state index in [1.165, 1.54) is 41.4 Å². The van der Waals surface area contributed by atoms with Gasteiger partial charge in [0, 0.05) is 27.2 Å². The second-order valence-corrected chi connectivity index (χ2v) is 13.9. The van der Waals surface area contributed by atoms with Crippen LogP contribution in [0.4, 0.5) is 43.4 Å². The zero-order chi connectivity index (χ0) is 34.3. The first-order valence-electron chi connectivity index (χ1n) is 13.3. The van der Waals surface area contributed by atoms with Gasteiger partial charge < -0.3 is 20.1 Å². The number of alkyl halides is 5. The Kier molecular flexibility index (Phi) is 9.38. The van der Waals surface area contributed by atoms with Gasteiger partial charge in [0.2, 0.25) is 10.0 Å². The fourth-order valence-corrected chi connectivity index (χ4v) is 6.36. The van der Waals surface area contributed by atoms with Crippen LogP contribution >= 0.6 is 22.9 Å². The van der Waals surface area contributed by atoms with Crippen LogP contribution in [0.25, 0.3) is 11.3 Å². The molecule has 1 saturated heterocycles. The molecule has 2 aromatic heterocycles. The number of aliphatic hydroxyl groups excluding tert-OH is 1. The molecule has 0 atom stereocenters. The SMILES string of the molecule is CS(=O)(=O)Nc1cc(Cl)cc(NC(=O)c2cc(-c3ncc(N4CC(F)(F)C4)cc3OCc3cc(F)cc(C(F)(F)F)c3)c(CO)s2)c1. The van der Waals surface area contributed by atoms with Crippen molar-refractivity contribution in [3.05, 3.63) is 86.4 Å². The van der Waals surface area contributed by atoms with Crippen LogP contribution in [0.2, 0.25) is 5.02 Å². The van der Waals surface area contributed by atoms with Gasteiger partial charge >= 0.3 is 6.18 Å². The molecule has 0 bridgehead atoms. The van der Waals surface area contributed by atoms with E-state index >= 15 is 0 Å². The molecule has 1 aliphatic rings. The molecular formula is C29H23ClF6N4O5S2. The van der Waals surface area contributed by atoms with Gasteiger partial charge in [0.25, 0.3) is 11.8 Å². The predicted molar refractivity (Wildman–Crippen MR) is 164 cm³/mol. The summed E-state index contributed by atoms with van der Waals surface area (Å²) in [5.74, 6) is -4.85. The molecule has 0 spiro atoms. The summed E-state index contributed by atoms with van der Waals surface area (Å²) in [6.45, 7) is -2.36. The van der Waals surface area contributed by atoms with Crippen LogP contribution in [0, 0.1) is 5.82 Å². The summed E-state index contributed by atoms with van der Waals surface area (Å²) in [6.07, 6.45) is -2.62. The zero-order valence-electron chi connectivity index (χ0n) is 24.0. The van der Waals surface area contributed by atoms with Crippen LogP contribution in [0.3, 0.4) is 0 Å². The largest absolute Gasteiger partial charge is 0.487 e. The molecule has 2 aromatic carbocycles. The van der Waals surface area contributed by atoms with Gasteiger partial charge in [-0.1, -0.05) is 11.6 Å². The Morgan fingerprint density at radius 2 is 1.81 bits per heavy atom. The lowest BCUT2D eigenvalue weighted by molar-refractivity contribution is -0.137. The number of carbonyl (C=O) groups is 1. The highest BCUT2D eigenvalue weighted by atomic mass is 35.5. The molecule has 0 saturated carbocycles. The first kappa shape index (κ1) is 34.3. The lowest BCUT2D eigenvalue weighted by Gasteiger charge is -2.40. The Morgan fingerprint density at radius 3 is 2.45 bits per heavy atom. The van der Waals surface area contributed by atoms with Crippen molar-refractivity contribution in [1.82, 2.24) is 4.98 Å². The van der Waals surface area contributed by atoms with Crippen molar-refractivity contribution in [2.24, 2.45) is 0 Å². The summed E-state index contributed by atoms with van der Waals surface area (Å²) in [5.41, 5.74) is -0.758. The summed E-state index contributed by atoms with van der Waals surface area (Å²) in [6, 6.07) is 8.61. The molecule has 1 fully saturated rings. The van der Waals surface area contributed by atoms with Gasteiger partial charge in [0.15, 0.2) is 0 Å². The number of aliphatic hydroxyl groups is 1. The summed E-state index contributed by atoms with van der Waals surface area (Å²) in [7, 11) is -3.65. The number of thiophene rings is 1. The second kappa shape index (κ2) is 12.9. The van der Waals surface area contributed by atoms with Gasteiger partial charge in [-0.15, -0.1) is 11.3 Å². The molecule has 5 rings (SSSR count). The van der Waals surface area contributed by atoms with Crippen LogP contribution in [-0.2, 0) is 29.4 Å². The lowest BCUT2D eigenvalue weighted by atomic mass is 10.1. The van der Waals surface area contributed by atoms with Crippen molar-refractivity contribution in [2.75, 3.05) is 34.3 Å². The maximum absolute atomic E-state index is 14.0. The molecule has 0 unspecified atom stereocenters. The van der Waals surface area contributed by atoms with Gasteiger partial charge in [-0.05, 0) is 48.0 Å². The Hall–Kier alpha value is -4.06. The first-order valence-corrected chi connectivity index (χ1v) is 16.4. The number of hydrogen-bond donors (Lipinski definition) is 3. The molecule has 3 heterocycles. The third kappa shape index (κ3) is 8.46. The molecule has 0 aliphatic carbocycles. The molecule has 250 valence electrons. The van der Waals surface area contributed by atoms with Gasteiger partial charge in [0.05, 0.1) is 54.0 Å². The number of ether oxygens (including phenoxy) is 1. The van der Waals surface area contributed by atoms with Gasteiger partial charge in [-0.3, -0.25) is 14.5 Å². The van der Waals surface area contributed by atoms with Crippen molar-refractivity contribution < 1.29 is 49.4 Å². The number of rotatable bonds is 10. The predicted octanol–water partition coefficient (Wildman–Crippen LogP) is 6.77. The van der Waals surface area contributed by atoms with E-state index in [-0.39, 0.29) is 54.4 Å². The van der Waals surface area contributed by atoms with E-state index in [2.05, 4.69) is 15.0 Å². The van der Waals surface area contributed by atoms with E-state index in [1.807, 2.05) is 0 Å². The van der Waals surface area contributed by atoms with Crippen LogP contribution in [0.1, 0.15) is 25.7 Å². The lowest BCUT2D eigenvalue weighted by Crippen LogP contribution is -2.56. The average molecular weight is 721 g/mol. The molecule has 0 radical (unpaired) electrons. The summed E-state index contributed by atoms with van der Waals surface area (Å²) in [5, 5.41) is 12.8. The number of carbonyl (C=O) groups excluding carboxylic acids is 1. The number of nitrogens with one attached hydrogen (secondary N) is 2. The Morgan fingerprint density at radius 1 is 1.11 bits per heavy atom.